The van der Waals surface area contributed by atoms with Gasteiger partial charge in [-0.1, -0.05) is 18.2 Å². The Labute approximate surface area is 92.2 Å². The van der Waals surface area contributed by atoms with Gasteiger partial charge in [-0.2, -0.15) is 0 Å². The number of hydrogen-bond acceptors (Lipinski definition) is 4. The standard InChI is InChI=1S/C10H12O2S2/c11-10-12-8(7-14-10)6-13-9-4-2-1-3-5-9/h2,4-5,8H,1,3,6-7H2. The van der Waals surface area contributed by atoms with E-state index in [4.69, 9.17) is 4.74 Å². The summed E-state index contributed by atoms with van der Waals surface area (Å²) in [4.78, 5) is 12.1. The van der Waals surface area contributed by atoms with Gasteiger partial charge in [0.25, 0.3) is 0 Å². The van der Waals surface area contributed by atoms with Gasteiger partial charge in [-0.15, -0.1) is 11.8 Å². The minimum absolute atomic E-state index is 0.105. The quantitative estimate of drug-likeness (QED) is 0.693. The zero-order chi connectivity index (χ0) is 9.80. The van der Waals surface area contributed by atoms with Crippen molar-refractivity contribution in [3.63, 3.8) is 0 Å². The van der Waals surface area contributed by atoms with E-state index in [-0.39, 0.29) is 11.4 Å². The molecule has 0 radical (unpaired) electrons. The average Bonchev–Trinajstić information content (AvgIpc) is 2.63. The molecule has 2 rings (SSSR count). The maximum Gasteiger partial charge on any atom is 0.367 e. The SMILES string of the molecule is O=C1OC(CSC2=CCCC=C2)CS1. The topological polar surface area (TPSA) is 26.3 Å². The van der Waals surface area contributed by atoms with Crippen LogP contribution in [0.4, 0.5) is 4.79 Å². The molecule has 1 atom stereocenters. The van der Waals surface area contributed by atoms with Crippen LogP contribution < -0.4 is 0 Å². The van der Waals surface area contributed by atoms with Crippen molar-refractivity contribution >= 4 is 28.8 Å². The molecule has 1 fully saturated rings. The Morgan fingerprint density at radius 2 is 2.50 bits per heavy atom. The fourth-order valence-corrected chi connectivity index (χ4v) is 3.19. The van der Waals surface area contributed by atoms with Gasteiger partial charge in [0.1, 0.15) is 6.10 Å². The van der Waals surface area contributed by atoms with E-state index in [1.165, 1.54) is 16.7 Å². The van der Waals surface area contributed by atoms with Gasteiger partial charge < -0.3 is 4.74 Å². The third-order valence-electron chi connectivity index (χ3n) is 2.05. The summed E-state index contributed by atoms with van der Waals surface area (Å²) in [7, 11) is 0. The lowest BCUT2D eigenvalue weighted by atomic mass is 10.2. The molecule has 0 aromatic carbocycles. The van der Waals surface area contributed by atoms with E-state index in [2.05, 4.69) is 18.2 Å². The predicted molar refractivity (Wildman–Crippen MR) is 61.6 cm³/mol. The van der Waals surface area contributed by atoms with Crippen LogP contribution in [0.3, 0.4) is 0 Å². The Kier molecular flexibility index (Phi) is 3.59. The molecule has 1 unspecified atom stereocenters. The van der Waals surface area contributed by atoms with Gasteiger partial charge in [-0.25, -0.2) is 4.79 Å². The Bertz CT molecular complexity index is 284. The van der Waals surface area contributed by atoms with Crippen LogP contribution in [-0.2, 0) is 4.74 Å². The van der Waals surface area contributed by atoms with Gasteiger partial charge in [-0.3, -0.25) is 0 Å². The van der Waals surface area contributed by atoms with Crippen molar-refractivity contribution in [2.24, 2.45) is 0 Å². The van der Waals surface area contributed by atoms with Crippen molar-refractivity contribution in [2.45, 2.75) is 18.9 Å². The fraction of sp³-hybridized carbons (Fsp3) is 0.500. The number of carbonyl (C=O) groups excluding carboxylic acids is 1. The van der Waals surface area contributed by atoms with E-state index in [0.29, 0.717) is 0 Å². The summed E-state index contributed by atoms with van der Waals surface area (Å²) >= 11 is 3.06. The van der Waals surface area contributed by atoms with Gasteiger partial charge in [0.15, 0.2) is 0 Å². The second kappa shape index (κ2) is 4.94. The molecule has 0 aromatic heterocycles. The highest BCUT2D eigenvalue weighted by Gasteiger charge is 2.24. The van der Waals surface area contributed by atoms with Crippen molar-refractivity contribution in [1.29, 1.82) is 0 Å². The molecule has 0 saturated carbocycles. The second-order valence-corrected chi connectivity index (χ2v) is 5.25. The number of thioether (sulfide) groups is 2. The molecule has 0 aromatic rings. The summed E-state index contributed by atoms with van der Waals surface area (Å²) in [6, 6.07) is 0. The number of allylic oxidation sites excluding steroid dienone is 3. The normalized spacial score (nSPS) is 26.1. The molecule has 0 bridgehead atoms. The van der Waals surface area contributed by atoms with E-state index >= 15 is 0 Å². The van der Waals surface area contributed by atoms with Crippen molar-refractivity contribution < 1.29 is 9.53 Å². The molecule has 76 valence electrons. The largest absolute Gasteiger partial charge is 0.452 e. The van der Waals surface area contributed by atoms with Gasteiger partial charge in [-0.05, 0) is 24.6 Å². The number of cyclic esters (lactones) is 1. The highest BCUT2D eigenvalue weighted by molar-refractivity contribution is 8.13. The van der Waals surface area contributed by atoms with Crippen LogP contribution in [0.15, 0.2) is 23.1 Å². The monoisotopic (exact) mass is 228 g/mol. The molecular formula is C10H12O2S2. The third kappa shape index (κ3) is 2.82. The van der Waals surface area contributed by atoms with Gasteiger partial charge >= 0.3 is 5.30 Å². The molecule has 1 aliphatic carbocycles. The van der Waals surface area contributed by atoms with Crippen LogP contribution in [-0.4, -0.2) is 22.9 Å². The number of ether oxygens (including phenoxy) is 1. The lowest BCUT2D eigenvalue weighted by Gasteiger charge is -2.09. The summed E-state index contributed by atoms with van der Waals surface area (Å²) < 4.78 is 5.10. The van der Waals surface area contributed by atoms with Crippen LogP contribution in [0.25, 0.3) is 0 Å². The van der Waals surface area contributed by atoms with Crippen molar-refractivity contribution in [3.8, 4) is 0 Å². The molecule has 2 nitrogen and oxygen atoms in total. The third-order valence-corrected chi connectivity index (χ3v) is 4.09. The zero-order valence-electron chi connectivity index (χ0n) is 7.77. The Balaban J connectivity index is 1.74. The first-order chi connectivity index (χ1) is 6.84. The first-order valence-electron chi connectivity index (χ1n) is 4.67. The maximum atomic E-state index is 10.8. The van der Waals surface area contributed by atoms with E-state index in [9.17, 15) is 4.79 Å². The Morgan fingerprint density at radius 3 is 3.14 bits per heavy atom. The zero-order valence-corrected chi connectivity index (χ0v) is 9.40. The van der Waals surface area contributed by atoms with E-state index in [1.54, 1.807) is 11.8 Å². The molecule has 1 heterocycles. The summed E-state index contributed by atoms with van der Waals surface area (Å²) in [6.07, 6.45) is 8.98. The molecule has 0 N–H and O–H groups in total. The van der Waals surface area contributed by atoms with Crippen molar-refractivity contribution in [2.75, 3.05) is 11.5 Å². The Morgan fingerprint density at radius 1 is 1.57 bits per heavy atom. The number of hydrogen-bond donors (Lipinski definition) is 0. The van der Waals surface area contributed by atoms with Crippen LogP contribution in [0, 0.1) is 0 Å². The summed E-state index contributed by atoms with van der Waals surface area (Å²) in [5, 5.41) is -0.122. The van der Waals surface area contributed by atoms with Crippen LogP contribution in [0.2, 0.25) is 0 Å². The highest BCUT2D eigenvalue weighted by atomic mass is 32.2. The van der Waals surface area contributed by atoms with Gasteiger partial charge in [0.05, 0.1) is 0 Å². The molecule has 14 heavy (non-hydrogen) atoms. The fourth-order valence-electron chi connectivity index (χ4n) is 1.33. The van der Waals surface area contributed by atoms with E-state index in [0.717, 1.165) is 24.3 Å². The highest BCUT2D eigenvalue weighted by Crippen LogP contribution is 2.27. The van der Waals surface area contributed by atoms with Crippen molar-refractivity contribution in [1.82, 2.24) is 0 Å². The maximum absolute atomic E-state index is 10.8. The minimum Gasteiger partial charge on any atom is -0.452 e. The molecule has 0 amide bonds. The van der Waals surface area contributed by atoms with Crippen LogP contribution >= 0.6 is 23.5 Å². The van der Waals surface area contributed by atoms with Crippen LogP contribution in [0.5, 0.6) is 0 Å². The summed E-state index contributed by atoms with van der Waals surface area (Å²) in [6.45, 7) is 0. The first kappa shape index (κ1) is 10.2. The van der Waals surface area contributed by atoms with Gasteiger partial charge in [0.2, 0.25) is 0 Å². The lowest BCUT2D eigenvalue weighted by molar-refractivity contribution is 0.155. The number of carbonyl (C=O) groups is 1. The second-order valence-electron chi connectivity index (χ2n) is 3.20. The minimum atomic E-state index is -0.122. The molecule has 4 heteroatoms. The molecular weight excluding hydrogens is 216 g/mol. The number of rotatable bonds is 3. The lowest BCUT2D eigenvalue weighted by Crippen LogP contribution is -2.12. The van der Waals surface area contributed by atoms with Crippen molar-refractivity contribution in [3.05, 3.63) is 23.1 Å². The molecule has 2 aliphatic rings. The summed E-state index contributed by atoms with van der Waals surface area (Å²) in [5.41, 5.74) is 0. The average molecular weight is 228 g/mol. The molecule has 1 aliphatic heterocycles. The smallest absolute Gasteiger partial charge is 0.367 e. The van der Waals surface area contributed by atoms with E-state index in [1.807, 2.05) is 0 Å². The predicted octanol–water partition coefficient (Wildman–Crippen LogP) is 3.21. The van der Waals surface area contributed by atoms with E-state index < -0.39 is 0 Å². The van der Waals surface area contributed by atoms with Gasteiger partial charge in [0, 0.05) is 16.4 Å². The molecule has 0 spiro atoms. The molecule has 1 saturated heterocycles. The Hall–Kier alpha value is -0.350. The summed E-state index contributed by atoms with van der Waals surface area (Å²) in [5.74, 6) is 1.69. The van der Waals surface area contributed by atoms with Crippen LogP contribution in [0.1, 0.15) is 12.8 Å². The first-order valence-corrected chi connectivity index (χ1v) is 6.64.